The predicted octanol–water partition coefficient (Wildman–Crippen LogP) is 2.10. The lowest BCUT2D eigenvalue weighted by molar-refractivity contribution is 0.102. The molecule has 7 heteroatoms. The van der Waals surface area contributed by atoms with Gasteiger partial charge in [-0.1, -0.05) is 0 Å². The lowest BCUT2D eigenvalue weighted by atomic mass is 10.1. The minimum Gasteiger partial charge on any atom is -0.369 e. The molecule has 2 aromatic heterocycles. The molecular formula is C21H21N5O2. The van der Waals surface area contributed by atoms with Gasteiger partial charge in [-0.2, -0.15) is 0 Å². The third-order valence-electron chi connectivity index (χ3n) is 4.77. The largest absolute Gasteiger partial charge is 0.369 e. The summed E-state index contributed by atoms with van der Waals surface area (Å²) < 4.78 is 0. The number of hydrogen-bond donors (Lipinski definition) is 3. The highest BCUT2D eigenvalue weighted by atomic mass is 16.2. The fourth-order valence-electron chi connectivity index (χ4n) is 3.24. The van der Waals surface area contributed by atoms with Crippen molar-refractivity contribution in [1.29, 1.82) is 0 Å². The van der Waals surface area contributed by atoms with Crippen LogP contribution in [0.2, 0.25) is 0 Å². The Morgan fingerprint density at radius 1 is 1.00 bits per heavy atom. The fourth-order valence-corrected chi connectivity index (χ4v) is 3.24. The molecule has 3 heterocycles. The second kappa shape index (κ2) is 8.06. The van der Waals surface area contributed by atoms with Gasteiger partial charge in [0.25, 0.3) is 11.5 Å². The van der Waals surface area contributed by atoms with Crippen LogP contribution in [0.1, 0.15) is 10.4 Å². The van der Waals surface area contributed by atoms with Crippen LogP contribution in [0.5, 0.6) is 0 Å². The summed E-state index contributed by atoms with van der Waals surface area (Å²) in [5.41, 5.74) is 3.05. The van der Waals surface area contributed by atoms with Gasteiger partial charge in [0.05, 0.1) is 0 Å². The molecule has 0 radical (unpaired) electrons. The van der Waals surface area contributed by atoms with Gasteiger partial charge in [-0.25, -0.2) is 0 Å². The minimum absolute atomic E-state index is 0.0699. The molecule has 0 bridgehead atoms. The van der Waals surface area contributed by atoms with E-state index in [0.29, 0.717) is 5.69 Å². The number of benzene rings is 1. The van der Waals surface area contributed by atoms with Gasteiger partial charge in [0.2, 0.25) is 0 Å². The lowest BCUT2D eigenvalue weighted by Gasteiger charge is -2.29. The van der Waals surface area contributed by atoms with Gasteiger partial charge in [-0.3, -0.25) is 14.6 Å². The number of rotatable bonds is 4. The van der Waals surface area contributed by atoms with E-state index in [4.69, 9.17) is 0 Å². The van der Waals surface area contributed by atoms with Gasteiger partial charge in [0, 0.05) is 56.1 Å². The number of hydrogen-bond acceptors (Lipinski definition) is 5. The van der Waals surface area contributed by atoms with Crippen molar-refractivity contribution in [1.82, 2.24) is 15.3 Å². The molecule has 142 valence electrons. The predicted molar refractivity (Wildman–Crippen MR) is 110 cm³/mol. The maximum Gasteiger partial charge on any atom is 0.261 e. The number of nitrogens with one attached hydrogen (secondary N) is 3. The number of H-pyrrole nitrogens is 1. The Kier molecular flexibility index (Phi) is 5.16. The van der Waals surface area contributed by atoms with Gasteiger partial charge in [-0.15, -0.1) is 0 Å². The van der Waals surface area contributed by atoms with E-state index in [1.165, 1.54) is 0 Å². The number of carbonyl (C=O) groups excluding carboxylic acids is 1. The highest BCUT2D eigenvalue weighted by molar-refractivity contribution is 6.04. The first-order chi connectivity index (χ1) is 13.7. The van der Waals surface area contributed by atoms with Crippen molar-refractivity contribution in [2.75, 3.05) is 36.4 Å². The zero-order valence-electron chi connectivity index (χ0n) is 15.3. The topological polar surface area (TPSA) is 90.1 Å². The van der Waals surface area contributed by atoms with E-state index in [1.807, 2.05) is 36.4 Å². The van der Waals surface area contributed by atoms with Crippen molar-refractivity contribution >= 4 is 17.3 Å². The molecule has 0 spiro atoms. The Labute approximate surface area is 162 Å². The maximum atomic E-state index is 12.6. The number of pyridine rings is 2. The molecule has 0 atom stereocenters. The quantitative estimate of drug-likeness (QED) is 0.650. The Hall–Kier alpha value is -3.45. The van der Waals surface area contributed by atoms with Crippen LogP contribution in [0.3, 0.4) is 0 Å². The Bertz CT molecular complexity index is 1010. The number of carbonyl (C=O) groups is 1. The molecule has 1 aromatic carbocycles. The third kappa shape index (κ3) is 3.94. The SMILES string of the molecule is O=C(Nc1ccc(N2CCNCC2)cc1)c1cc(-c2ccncc2)c[nH]c1=O. The fraction of sp³-hybridized carbons (Fsp3) is 0.190. The summed E-state index contributed by atoms with van der Waals surface area (Å²) in [6.07, 6.45) is 4.93. The third-order valence-corrected chi connectivity index (χ3v) is 4.77. The molecule has 1 aliphatic heterocycles. The number of piperazine rings is 1. The van der Waals surface area contributed by atoms with E-state index in [2.05, 4.69) is 25.5 Å². The molecule has 1 amide bonds. The van der Waals surface area contributed by atoms with Crippen LogP contribution < -0.4 is 21.1 Å². The summed E-state index contributed by atoms with van der Waals surface area (Å²) in [5, 5.41) is 6.13. The monoisotopic (exact) mass is 375 g/mol. The van der Waals surface area contributed by atoms with Gasteiger partial charge in [0.1, 0.15) is 5.56 Å². The van der Waals surface area contributed by atoms with Crippen LogP contribution in [-0.4, -0.2) is 42.1 Å². The number of aromatic nitrogens is 2. The van der Waals surface area contributed by atoms with Crippen LogP contribution in [0.15, 0.2) is 65.8 Å². The van der Waals surface area contributed by atoms with Gasteiger partial charge < -0.3 is 20.5 Å². The smallest absolute Gasteiger partial charge is 0.261 e. The second-order valence-corrected chi connectivity index (χ2v) is 6.61. The van der Waals surface area contributed by atoms with Crippen LogP contribution in [0, 0.1) is 0 Å². The lowest BCUT2D eigenvalue weighted by Crippen LogP contribution is -2.43. The maximum absolute atomic E-state index is 12.6. The zero-order valence-corrected chi connectivity index (χ0v) is 15.3. The number of nitrogens with zero attached hydrogens (tertiary/aromatic N) is 2. The molecular weight excluding hydrogens is 354 g/mol. The Morgan fingerprint density at radius 3 is 2.43 bits per heavy atom. The molecule has 7 nitrogen and oxygen atoms in total. The van der Waals surface area contributed by atoms with Crippen LogP contribution in [0.25, 0.3) is 11.1 Å². The Balaban J connectivity index is 1.51. The van der Waals surface area contributed by atoms with Crippen LogP contribution >= 0.6 is 0 Å². The highest BCUT2D eigenvalue weighted by Gasteiger charge is 2.14. The van der Waals surface area contributed by atoms with E-state index in [-0.39, 0.29) is 5.56 Å². The van der Waals surface area contributed by atoms with Crippen LogP contribution in [0.4, 0.5) is 11.4 Å². The normalized spacial score (nSPS) is 13.9. The molecule has 0 saturated carbocycles. The number of anilines is 2. The van der Waals surface area contributed by atoms with E-state index in [1.54, 1.807) is 24.7 Å². The summed E-state index contributed by atoms with van der Waals surface area (Å²) in [6.45, 7) is 3.86. The molecule has 4 rings (SSSR count). The summed E-state index contributed by atoms with van der Waals surface area (Å²) in [6, 6.07) is 12.9. The van der Waals surface area contributed by atoms with E-state index in [0.717, 1.165) is 43.0 Å². The highest BCUT2D eigenvalue weighted by Crippen LogP contribution is 2.20. The molecule has 0 unspecified atom stereocenters. The minimum atomic E-state index is -0.438. The first-order valence-electron chi connectivity index (χ1n) is 9.21. The summed E-state index contributed by atoms with van der Waals surface area (Å²) >= 11 is 0. The zero-order chi connectivity index (χ0) is 19.3. The molecule has 1 aliphatic rings. The average Bonchev–Trinajstić information content (AvgIpc) is 2.76. The molecule has 3 aromatic rings. The van der Waals surface area contributed by atoms with Crippen molar-refractivity contribution < 1.29 is 4.79 Å². The van der Waals surface area contributed by atoms with Crippen molar-refractivity contribution in [3.05, 3.63) is 77.0 Å². The van der Waals surface area contributed by atoms with Gasteiger partial charge >= 0.3 is 0 Å². The van der Waals surface area contributed by atoms with E-state index in [9.17, 15) is 9.59 Å². The van der Waals surface area contributed by atoms with Gasteiger partial charge in [-0.05, 0) is 53.6 Å². The summed E-state index contributed by atoms with van der Waals surface area (Å²) in [4.78, 5) is 33.7. The molecule has 0 aliphatic carbocycles. The van der Waals surface area contributed by atoms with Crippen LogP contribution in [-0.2, 0) is 0 Å². The molecule has 3 N–H and O–H groups in total. The standard InChI is InChI=1S/C21H21N5O2/c27-20-19(13-16(14-24-20)15-5-7-22-8-6-15)21(28)25-17-1-3-18(4-2-17)26-11-9-23-10-12-26/h1-8,13-14,23H,9-12H2,(H,24,27)(H,25,28). The van der Waals surface area contributed by atoms with Crippen molar-refractivity contribution in [2.24, 2.45) is 0 Å². The van der Waals surface area contributed by atoms with Crippen molar-refractivity contribution in [3.8, 4) is 11.1 Å². The number of aromatic amines is 1. The first kappa shape index (κ1) is 17.9. The second-order valence-electron chi connectivity index (χ2n) is 6.61. The molecule has 28 heavy (non-hydrogen) atoms. The average molecular weight is 375 g/mol. The Morgan fingerprint density at radius 2 is 1.71 bits per heavy atom. The summed E-state index contributed by atoms with van der Waals surface area (Å²) in [5.74, 6) is -0.438. The number of amides is 1. The van der Waals surface area contributed by atoms with E-state index < -0.39 is 11.5 Å². The van der Waals surface area contributed by atoms with Crippen molar-refractivity contribution in [3.63, 3.8) is 0 Å². The van der Waals surface area contributed by atoms with E-state index >= 15 is 0 Å². The summed E-state index contributed by atoms with van der Waals surface area (Å²) in [7, 11) is 0. The van der Waals surface area contributed by atoms with Crippen molar-refractivity contribution in [2.45, 2.75) is 0 Å². The first-order valence-corrected chi connectivity index (χ1v) is 9.21. The molecule has 1 saturated heterocycles. The van der Waals surface area contributed by atoms with Gasteiger partial charge in [0.15, 0.2) is 0 Å². The molecule has 1 fully saturated rings.